The van der Waals surface area contributed by atoms with E-state index in [9.17, 15) is 4.79 Å². The van der Waals surface area contributed by atoms with Gasteiger partial charge in [-0.05, 0) is 44.6 Å². The summed E-state index contributed by atoms with van der Waals surface area (Å²) in [6.07, 6.45) is 0. The monoisotopic (exact) mass is 403 g/mol. The summed E-state index contributed by atoms with van der Waals surface area (Å²) < 4.78 is 0.855. The number of thioether (sulfide) groups is 1. The summed E-state index contributed by atoms with van der Waals surface area (Å²) in [5, 5.41) is 0.0959. The highest BCUT2D eigenvalue weighted by molar-refractivity contribution is 9.10. The van der Waals surface area contributed by atoms with Crippen LogP contribution >= 0.6 is 27.7 Å². The van der Waals surface area contributed by atoms with Gasteiger partial charge in [0, 0.05) is 16.8 Å². The van der Waals surface area contributed by atoms with Crippen molar-refractivity contribution in [1.29, 1.82) is 0 Å². The van der Waals surface area contributed by atoms with Crippen molar-refractivity contribution >= 4 is 33.6 Å². The van der Waals surface area contributed by atoms with E-state index in [0.29, 0.717) is 0 Å². The Labute approximate surface area is 156 Å². The molecule has 24 heavy (non-hydrogen) atoms. The maximum Gasteiger partial charge on any atom is 0.256 e. The Bertz CT molecular complexity index is 736. The lowest BCUT2D eigenvalue weighted by Gasteiger charge is -2.26. The van der Waals surface area contributed by atoms with Crippen molar-refractivity contribution < 1.29 is 4.79 Å². The van der Waals surface area contributed by atoms with Crippen LogP contribution in [0.1, 0.15) is 47.6 Å². The van der Waals surface area contributed by atoms with Crippen LogP contribution in [0.25, 0.3) is 0 Å². The topological polar surface area (TPSA) is 20.3 Å². The summed E-state index contributed by atoms with van der Waals surface area (Å²) in [6, 6.07) is 16.4. The van der Waals surface area contributed by atoms with E-state index < -0.39 is 0 Å². The molecule has 0 radical (unpaired) electrons. The fraction of sp³-hybridized carbons (Fsp3) is 0.350. The average molecular weight is 404 g/mol. The normalized spacial score (nSPS) is 18.0. The smallest absolute Gasteiger partial charge is 0.256 e. The molecule has 1 fully saturated rings. The SMILES string of the molecule is CC(C)(C)c1ccc([C@H]2SCCN2C(=O)c2ccccc2Br)cc1. The molecule has 2 nitrogen and oxygen atoms in total. The van der Waals surface area contributed by atoms with Crippen LogP contribution in [0.15, 0.2) is 53.0 Å². The van der Waals surface area contributed by atoms with Crippen LogP contribution in [0.5, 0.6) is 0 Å². The first kappa shape index (κ1) is 17.6. The first-order valence-electron chi connectivity index (χ1n) is 8.15. The zero-order valence-corrected chi connectivity index (χ0v) is 16.7. The Morgan fingerprint density at radius 1 is 1.12 bits per heavy atom. The van der Waals surface area contributed by atoms with Crippen molar-refractivity contribution in [2.45, 2.75) is 31.6 Å². The molecular formula is C20H22BrNOS. The molecule has 2 aromatic carbocycles. The number of benzene rings is 2. The Kier molecular flexibility index (Phi) is 5.07. The minimum absolute atomic E-state index is 0.0948. The van der Waals surface area contributed by atoms with Gasteiger partial charge in [-0.1, -0.05) is 57.2 Å². The van der Waals surface area contributed by atoms with Crippen molar-refractivity contribution in [3.8, 4) is 0 Å². The Hall–Kier alpha value is -1.26. The second-order valence-corrected chi connectivity index (χ2v) is 9.12. The molecule has 1 aliphatic heterocycles. The second kappa shape index (κ2) is 6.93. The van der Waals surface area contributed by atoms with Gasteiger partial charge in [0.2, 0.25) is 0 Å². The Morgan fingerprint density at radius 2 is 1.79 bits per heavy atom. The number of hydrogen-bond acceptors (Lipinski definition) is 2. The molecule has 0 N–H and O–H groups in total. The largest absolute Gasteiger partial charge is 0.322 e. The number of amides is 1. The average Bonchev–Trinajstić information content (AvgIpc) is 3.03. The van der Waals surface area contributed by atoms with E-state index in [-0.39, 0.29) is 16.7 Å². The number of carbonyl (C=O) groups excluding carboxylic acids is 1. The molecule has 0 aromatic heterocycles. The van der Waals surface area contributed by atoms with E-state index in [4.69, 9.17) is 0 Å². The number of nitrogens with zero attached hydrogens (tertiary/aromatic N) is 1. The molecule has 3 rings (SSSR count). The number of carbonyl (C=O) groups is 1. The number of halogens is 1. The zero-order valence-electron chi connectivity index (χ0n) is 14.3. The quantitative estimate of drug-likeness (QED) is 0.646. The van der Waals surface area contributed by atoms with Gasteiger partial charge in [-0.3, -0.25) is 4.79 Å². The maximum atomic E-state index is 13.0. The van der Waals surface area contributed by atoms with Crippen LogP contribution in [0, 0.1) is 0 Å². The summed E-state index contributed by atoms with van der Waals surface area (Å²) >= 11 is 5.33. The Morgan fingerprint density at radius 3 is 2.42 bits per heavy atom. The highest BCUT2D eigenvalue weighted by Gasteiger charge is 2.32. The van der Waals surface area contributed by atoms with Gasteiger partial charge < -0.3 is 4.90 Å². The van der Waals surface area contributed by atoms with Crippen molar-refractivity contribution in [3.05, 3.63) is 69.7 Å². The van der Waals surface area contributed by atoms with Crippen molar-refractivity contribution in [3.63, 3.8) is 0 Å². The molecule has 1 amide bonds. The molecule has 0 bridgehead atoms. The summed E-state index contributed by atoms with van der Waals surface area (Å²) in [5.41, 5.74) is 3.39. The fourth-order valence-electron chi connectivity index (χ4n) is 2.89. The van der Waals surface area contributed by atoms with Gasteiger partial charge in [0.25, 0.3) is 5.91 Å². The van der Waals surface area contributed by atoms with Gasteiger partial charge in [-0.15, -0.1) is 11.8 Å². The molecule has 1 atom stereocenters. The molecule has 1 aliphatic rings. The van der Waals surface area contributed by atoms with Gasteiger partial charge in [0.05, 0.1) is 5.56 Å². The molecule has 0 unspecified atom stereocenters. The minimum Gasteiger partial charge on any atom is -0.322 e. The lowest BCUT2D eigenvalue weighted by atomic mass is 9.86. The molecule has 4 heteroatoms. The van der Waals surface area contributed by atoms with Gasteiger partial charge in [0.1, 0.15) is 5.37 Å². The third-order valence-electron chi connectivity index (χ3n) is 4.32. The number of rotatable bonds is 2. The predicted octanol–water partition coefficient (Wildman–Crippen LogP) is 5.63. The van der Waals surface area contributed by atoms with Crippen molar-refractivity contribution in [2.75, 3.05) is 12.3 Å². The Balaban J connectivity index is 1.86. The van der Waals surface area contributed by atoms with Gasteiger partial charge in [-0.2, -0.15) is 0 Å². The van der Waals surface area contributed by atoms with Crippen LogP contribution < -0.4 is 0 Å². The second-order valence-electron chi connectivity index (χ2n) is 7.07. The number of hydrogen-bond donors (Lipinski definition) is 0. The first-order valence-corrected chi connectivity index (χ1v) is 9.99. The van der Waals surface area contributed by atoms with Crippen LogP contribution in [-0.2, 0) is 5.41 Å². The lowest BCUT2D eigenvalue weighted by Crippen LogP contribution is -2.30. The third kappa shape index (κ3) is 3.55. The molecule has 0 aliphatic carbocycles. The van der Waals surface area contributed by atoms with E-state index in [1.54, 1.807) is 0 Å². The molecule has 0 spiro atoms. The standard InChI is InChI=1S/C20H22BrNOS/c1-20(2,3)15-10-8-14(9-11-15)19-22(12-13-24-19)18(23)16-6-4-5-7-17(16)21/h4-11,19H,12-13H2,1-3H3/t19-/m1/s1. The summed E-state index contributed by atoms with van der Waals surface area (Å²) in [4.78, 5) is 14.9. The maximum absolute atomic E-state index is 13.0. The third-order valence-corrected chi connectivity index (χ3v) is 6.27. The summed E-state index contributed by atoms with van der Waals surface area (Å²) in [6.45, 7) is 7.44. The molecule has 1 heterocycles. The van der Waals surface area contributed by atoms with Gasteiger partial charge in [-0.25, -0.2) is 0 Å². The zero-order chi connectivity index (χ0) is 17.3. The minimum atomic E-state index is 0.0948. The molecule has 2 aromatic rings. The first-order chi connectivity index (χ1) is 11.4. The van der Waals surface area contributed by atoms with Crippen molar-refractivity contribution in [1.82, 2.24) is 4.90 Å². The summed E-state index contributed by atoms with van der Waals surface area (Å²) in [7, 11) is 0. The molecule has 0 saturated carbocycles. The highest BCUT2D eigenvalue weighted by Crippen LogP contribution is 2.39. The predicted molar refractivity (Wildman–Crippen MR) is 106 cm³/mol. The van der Waals surface area contributed by atoms with Crippen LogP contribution in [0.4, 0.5) is 0 Å². The molecule has 126 valence electrons. The van der Waals surface area contributed by atoms with E-state index in [2.05, 4.69) is 61.0 Å². The van der Waals surface area contributed by atoms with E-state index in [1.165, 1.54) is 11.1 Å². The van der Waals surface area contributed by atoms with Crippen LogP contribution in [-0.4, -0.2) is 23.1 Å². The van der Waals surface area contributed by atoms with E-state index >= 15 is 0 Å². The van der Waals surface area contributed by atoms with Gasteiger partial charge >= 0.3 is 0 Å². The van der Waals surface area contributed by atoms with E-state index in [0.717, 1.165) is 22.3 Å². The summed E-state index contributed by atoms with van der Waals surface area (Å²) in [5.74, 6) is 1.07. The fourth-order valence-corrected chi connectivity index (χ4v) is 4.60. The van der Waals surface area contributed by atoms with Gasteiger partial charge in [0.15, 0.2) is 0 Å². The molecule has 1 saturated heterocycles. The lowest BCUT2D eigenvalue weighted by molar-refractivity contribution is 0.0759. The molecular weight excluding hydrogens is 382 g/mol. The van der Waals surface area contributed by atoms with Crippen LogP contribution in [0.2, 0.25) is 0 Å². The highest BCUT2D eigenvalue weighted by atomic mass is 79.9. The van der Waals surface area contributed by atoms with Crippen LogP contribution in [0.3, 0.4) is 0 Å². The van der Waals surface area contributed by atoms with Crippen molar-refractivity contribution in [2.24, 2.45) is 0 Å². The van der Waals surface area contributed by atoms with E-state index in [1.807, 2.05) is 40.9 Å².